The molecule has 0 radical (unpaired) electrons. The van der Waals surface area contributed by atoms with E-state index in [4.69, 9.17) is 20.9 Å². The molecule has 2 aromatic heterocycles. The number of benzene rings is 7. The Kier molecular flexibility index (Phi) is 23.9. The molecule has 12 N–H and O–H groups in total. The maximum atomic E-state index is 14.7. The van der Waals surface area contributed by atoms with Crippen LogP contribution in [0.1, 0.15) is 65.6 Å². The van der Waals surface area contributed by atoms with Crippen LogP contribution in [0.4, 0.5) is 0 Å². The van der Waals surface area contributed by atoms with Gasteiger partial charge in [-0.25, -0.2) is 0 Å². The number of rotatable bonds is 19. The number of aromatic amines is 2. The van der Waals surface area contributed by atoms with Crippen molar-refractivity contribution in [3.05, 3.63) is 252 Å². The van der Waals surface area contributed by atoms with Crippen LogP contribution in [0.3, 0.4) is 0 Å². The molecule has 8 amide bonds. The Morgan fingerprint density at radius 1 is 0.387 bits per heavy atom. The van der Waals surface area contributed by atoms with E-state index in [-0.39, 0.29) is 76.8 Å². The molecule has 106 heavy (non-hydrogen) atoms. The average molecular weight is 1430 g/mol. The summed E-state index contributed by atoms with van der Waals surface area (Å²) in [5, 5.41) is 19.3. The lowest BCUT2D eigenvalue weighted by atomic mass is 9.99. The van der Waals surface area contributed by atoms with E-state index < -0.39 is 132 Å². The Balaban J connectivity index is 0.000000199. The number of H-pyrrole nitrogens is 2. The van der Waals surface area contributed by atoms with Gasteiger partial charge in [-0.1, -0.05) is 202 Å². The minimum Gasteiger partial charge on any atom is -0.459 e. The van der Waals surface area contributed by atoms with Crippen molar-refractivity contribution in [2.45, 2.75) is 144 Å². The second-order valence-electron chi connectivity index (χ2n) is 27.9. The number of carbonyl (C=O) groups excluding carboxylic acids is 10. The van der Waals surface area contributed by atoms with Gasteiger partial charge in [0.1, 0.15) is 72.6 Å². The van der Waals surface area contributed by atoms with Crippen molar-refractivity contribution in [3.8, 4) is 0 Å². The van der Waals surface area contributed by atoms with Crippen molar-refractivity contribution >= 4 is 81.0 Å². The zero-order chi connectivity index (χ0) is 74.4. The Hall–Kier alpha value is -11.8. The van der Waals surface area contributed by atoms with Crippen LogP contribution >= 0.6 is 0 Å². The van der Waals surface area contributed by atoms with Gasteiger partial charge in [-0.3, -0.25) is 47.9 Å². The number of para-hydroxylation sites is 2. The van der Waals surface area contributed by atoms with Crippen LogP contribution in [-0.4, -0.2) is 165 Å². The summed E-state index contributed by atoms with van der Waals surface area (Å²) < 4.78 is 11.6. The monoisotopic (exact) mass is 1430 g/mol. The van der Waals surface area contributed by atoms with Gasteiger partial charge in [0.2, 0.25) is 47.3 Å². The highest BCUT2D eigenvalue weighted by molar-refractivity contribution is 6.00. The summed E-state index contributed by atoms with van der Waals surface area (Å²) in [6.07, 6.45) is 2.92. The number of aromatic nitrogens is 2. The van der Waals surface area contributed by atoms with Crippen LogP contribution in [0.15, 0.2) is 213 Å². The molecular weight excluding hydrogens is 1340 g/mol. The van der Waals surface area contributed by atoms with Crippen LogP contribution in [0, 0.1) is 5.92 Å². The number of amides is 8. The first-order valence-corrected chi connectivity index (χ1v) is 35.9. The summed E-state index contributed by atoms with van der Waals surface area (Å²) >= 11 is 0. The lowest BCUT2D eigenvalue weighted by Crippen LogP contribution is -2.62. The van der Waals surface area contributed by atoms with Crippen LogP contribution in [0.2, 0.25) is 0 Å². The molecule has 24 heteroatoms. The first-order valence-electron chi connectivity index (χ1n) is 35.9. The van der Waals surface area contributed by atoms with Gasteiger partial charge in [-0.2, -0.15) is 0 Å². The zero-order valence-electron chi connectivity index (χ0n) is 58.9. The Morgan fingerprint density at radius 3 is 1.06 bits per heavy atom. The average Bonchev–Trinajstić information content (AvgIpc) is 1.61. The summed E-state index contributed by atoms with van der Waals surface area (Å²) in [6.45, 7) is 3.42. The Labute approximate surface area is 613 Å². The number of nitrogens with one attached hydrogen (secondary N) is 8. The zero-order valence-corrected chi connectivity index (χ0v) is 58.9. The smallest absolute Gasteiger partial charge is 0.323 e. The lowest BCUT2D eigenvalue weighted by molar-refractivity contribution is -0.152. The molecule has 12 atom stereocenters. The van der Waals surface area contributed by atoms with Crippen molar-refractivity contribution in [1.29, 1.82) is 0 Å². The second kappa shape index (κ2) is 34.2. The highest BCUT2D eigenvalue weighted by atomic mass is 16.6. The van der Waals surface area contributed by atoms with Gasteiger partial charge in [0.15, 0.2) is 0 Å². The van der Waals surface area contributed by atoms with E-state index >= 15 is 0 Å². The number of ether oxygens (including phenoxy) is 2. The van der Waals surface area contributed by atoms with Crippen LogP contribution in [0.5, 0.6) is 0 Å². The number of carbonyl (C=O) groups is 10. The number of esters is 2. The fourth-order valence-corrected chi connectivity index (χ4v) is 14.2. The van der Waals surface area contributed by atoms with E-state index in [0.29, 0.717) is 0 Å². The largest absolute Gasteiger partial charge is 0.459 e. The molecular formula is C82H88N12O12. The third-order valence-corrected chi connectivity index (χ3v) is 19.9. The first kappa shape index (κ1) is 74.0. The van der Waals surface area contributed by atoms with E-state index in [1.54, 1.807) is 26.2 Å². The highest BCUT2D eigenvalue weighted by Crippen LogP contribution is 2.29. The van der Waals surface area contributed by atoms with Crippen molar-refractivity contribution in [2.24, 2.45) is 17.4 Å². The Bertz CT molecular complexity index is 4600. The molecule has 6 heterocycles. The molecule has 0 saturated carbocycles. The molecule has 7 aromatic carbocycles. The number of fused-ring (bicyclic) bond motifs is 4. The predicted molar refractivity (Wildman–Crippen MR) is 397 cm³/mol. The summed E-state index contributed by atoms with van der Waals surface area (Å²) in [6, 6.07) is 50.9. The molecule has 4 aliphatic rings. The maximum Gasteiger partial charge on any atom is 0.323 e. The van der Waals surface area contributed by atoms with Gasteiger partial charge in [-0.15, -0.1) is 0 Å². The molecule has 24 nitrogen and oxygen atoms in total. The second-order valence-corrected chi connectivity index (χ2v) is 27.9. The van der Waals surface area contributed by atoms with Crippen LogP contribution < -0.4 is 43.4 Å². The van der Waals surface area contributed by atoms with E-state index in [0.717, 1.165) is 60.8 Å². The molecule has 9 aromatic rings. The van der Waals surface area contributed by atoms with Crippen LogP contribution in [0.25, 0.3) is 21.8 Å². The summed E-state index contributed by atoms with van der Waals surface area (Å²) in [5.41, 5.74) is 19.7. The van der Waals surface area contributed by atoms with Crippen molar-refractivity contribution in [1.82, 2.24) is 51.7 Å². The molecule has 4 saturated heterocycles. The van der Waals surface area contributed by atoms with E-state index in [2.05, 4.69) is 41.9 Å². The van der Waals surface area contributed by atoms with Gasteiger partial charge in [0.25, 0.3) is 0 Å². The molecule has 0 spiro atoms. The number of nitrogens with two attached hydrogens (primary N) is 2. The molecule has 13 rings (SSSR count). The normalized spacial score (nSPS) is 22.9. The molecule has 4 fully saturated rings. The van der Waals surface area contributed by atoms with Crippen molar-refractivity contribution in [3.63, 3.8) is 0 Å². The minimum absolute atomic E-state index is 0.00297. The van der Waals surface area contributed by atoms with E-state index in [1.807, 2.05) is 200 Å². The van der Waals surface area contributed by atoms with Gasteiger partial charge in [0.05, 0.1) is 13.1 Å². The fourth-order valence-electron chi connectivity index (χ4n) is 14.2. The summed E-state index contributed by atoms with van der Waals surface area (Å²) in [5.74, 6) is -5.82. The van der Waals surface area contributed by atoms with E-state index in [9.17, 15) is 47.9 Å². The van der Waals surface area contributed by atoms with Crippen LogP contribution in [-0.2, 0) is 102 Å². The fraction of sp³-hybridized carbons (Fsp3) is 0.317. The Morgan fingerprint density at radius 2 is 0.689 bits per heavy atom. The quantitative estimate of drug-likeness (QED) is 0.0482. The number of nitrogens with zero attached hydrogens (tertiary/aromatic N) is 2. The molecule has 4 aliphatic heterocycles. The van der Waals surface area contributed by atoms with Gasteiger partial charge in [-0.05, 0) is 63.4 Å². The number of hydrogen-bond acceptors (Lipinski definition) is 14. The third-order valence-electron chi connectivity index (χ3n) is 19.9. The third kappa shape index (κ3) is 18.4. The van der Waals surface area contributed by atoms with Crippen molar-refractivity contribution in [2.75, 3.05) is 13.1 Å². The maximum absolute atomic E-state index is 14.7. The molecule has 0 aliphatic carbocycles. The summed E-state index contributed by atoms with van der Waals surface area (Å²) in [7, 11) is 0. The lowest BCUT2D eigenvalue weighted by Gasteiger charge is -2.32. The van der Waals surface area contributed by atoms with Gasteiger partial charge < -0.3 is 72.6 Å². The standard InChI is InChI=1S/C43H44N6O6.C39H44N6O6/c44-33(20-27-12-4-1-5-13-27)43(54)55-31-24-38-41(52)47-35(21-28-14-6-2-7-15-28)39(50)46-36(23-30-25-45-34-19-11-10-18-32(30)34)40(51)48-37(42(53)49(38)26-31)22-29-16-8-3-9-17-29;1-23(2)34(40)39(50)51-27-20-33-37(48)43-30(17-24-11-5-3-6-12-24)35(46)42-31(19-26-21-41-29-16-10-9-15-28(26)29)36(47)44-32(38(49)45(33)22-27)18-25-13-7-4-8-14-25/h1-19,25,31,33,35-38,45H,20-24,26,44H2,(H,46,50)(H,47,52)(H,48,51);3-16,21,23,27,30-34,41H,17-20,22,40H2,1-2H3,(H,42,46)(H,43,48)(H,44,47)/t31-,33+,35+,36-,37+,38-;27-,30+,31-,32+,33-,34+/m11/s1. The number of hydrogen-bond donors (Lipinski definition) is 10. The topological polar surface area (TPSA) is 351 Å². The molecule has 548 valence electrons. The van der Waals surface area contributed by atoms with E-state index in [1.165, 1.54) is 9.80 Å². The SMILES string of the molecule is CC(C)[C@H](N)C(=O)O[C@@H]1C[C@@H]2C(=O)N[C@@H](Cc3ccccc3)C(=O)N[C@H](Cc3c[nH]c4ccccc34)C(=O)N[C@@H](Cc3ccccc3)C(=O)N2C1.N[C@@H](Cc1ccccc1)C(=O)O[C@@H]1C[C@@H]2C(=O)N[C@@H](Cc3ccccc3)C(=O)N[C@H](Cc3c[nH]c4ccccc34)C(=O)N[C@@H](Cc3ccccc3)C(=O)N2C1. The van der Waals surface area contributed by atoms with Crippen molar-refractivity contribution < 1.29 is 57.4 Å². The molecule has 0 unspecified atom stereocenters. The molecule has 0 bridgehead atoms. The minimum atomic E-state index is -1.11. The summed E-state index contributed by atoms with van der Waals surface area (Å²) in [4.78, 5) is 150. The predicted octanol–water partition coefficient (Wildman–Crippen LogP) is 4.91. The first-order chi connectivity index (χ1) is 51.3. The highest BCUT2D eigenvalue weighted by Gasteiger charge is 2.48. The van der Waals surface area contributed by atoms with Gasteiger partial charge >= 0.3 is 11.9 Å². The van der Waals surface area contributed by atoms with Gasteiger partial charge in [0, 0.05) is 85.6 Å².